The molecule has 1 aliphatic rings. The Labute approximate surface area is 116 Å². The highest BCUT2D eigenvalue weighted by Crippen LogP contribution is 2.26. The molecule has 0 radical (unpaired) electrons. The van der Waals surface area contributed by atoms with Crippen LogP contribution in [0.5, 0.6) is 0 Å². The number of hydrogen-bond acceptors (Lipinski definition) is 4. The minimum absolute atomic E-state index is 0.133. The highest BCUT2D eigenvalue weighted by Gasteiger charge is 2.27. The first-order valence-electron chi connectivity index (χ1n) is 6.83. The molecule has 1 saturated carbocycles. The van der Waals surface area contributed by atoms with Gasteiger partial charge in [0.2, 0.25) is 0 Å². The minimum atomic E-state index is -0.191. The number of fused-ring (bicyclic) bond motifs is 1. The third-order valence-corrected chi connectivity index (χ3v) is 3.85. The largest absolute Gasteiger partial charge is 0.393 e. The second-order valence-corrected chi connectivity index (χ2v) is 5.51. The average Bonchev–Trinajstić information content (AvgIpc) is 2.75. The van der Waals surface area contributed by atoms with Crippen molar-refractivity contribution in [3.8, 4) is 0 Å². The van der Waals surface area contributed by atoms with Gasteiger partial charge in [0, 0.05) is 18.8 Å². The summed E-state index contributed by atoms with van der Waals surface area (Å²) in [7, 11) is 0. The zero-order valence-corrected chi connectivity index (χ0v) is 11.6. The van der Waals surface area contributed by atoms with Gasteiger partial charge in [0.15, 0.2) is 5.65 Å². The van der Waals surface area contributed by atoms with Gasteiger partial charge in [0.25, 0.3) is 5.91 Å². The molecule has 3 rings (SSSR count). The van der Waals surface area contributed by atoms with Crippen molar-refractivity contribution in [2.24, 2.45) is 5.92 Å². The van der Waals surface area contributed by atoms with Gasteiger partial charge in [-0.25, -0.2) is 9.50 Å². The Kier molecular flexibility index (Phi) is 3.17. The number of rotatable bonds is 3. The Hall–Kier alpha value is -1.95. The second kappa shape index (κ2) is 4.86. The normalized spacial score (nSPS) is 21.8. The fourth-order valence-electron chi connectivity index (χ4n) is 2.59. The summed E-state index contributed by atoms with van der Waals surface area (Å²) in [4.78, 5) is 16.4. The summed E-state index contributed by atoms with van der Waals surface area (Å²) >= 11 is 0. The summed E-state index contributed by atoms with van der Waals surface area (Å²) in [6.07, 6.45) is 2.95. The van der Waals surface area contributed by atoms with Gasteiger partial charge in [-0.15, -0.1) is 0 Å². The van der Waals surface area contributed by atoms with Crippen LogP contribution < -0.4 is 5.32 Å². The molecule has 2 heterocycles. The number of aromatic nitrogens is 3. The first kappa shape index (κ1) is 13.1. The van der Waals surface area contributed by atoms with E-state index in [-0.39, 0.29) is 12.0 Å². The van der Waals surface area contributed by atoms with E-state index in [1.807, 2.05) is 19.9 Å². The van der Waals surface area contributed by atoms with Crippen LogP contribution in [-0.4, -0.2) is 38.3 Å². The van der Waals surface area contributed by atoms with Crippen molar-refractivity contribution in [1.82, 2.24) is 19.9 Å². The number of carbonyl (C=O) groups is 1. The lowest BCUT2D eigenvalue weighted by atomic mass is 9.82. The molecule has 0 spiro atoms. The number of nitrogens with zero attached hydrogens (tertiary/aromatic N) is 3. The predicted octanol–water partition coefficient (Wildman–Crippen LogP) is 0.847. The fraction of sp³-hybridized carbons (Fsp3) is 0.500. The number of hydrogen-bond donors (Lipinski definition) is 2. The molecule has 2 aromatic rings. The molecular weight excluding hydrogens is 256 g/mol. The molecule has 6 nitrogen and oxygen atoms in total. The van der Waals surface area contributed by atoms with E-state index < -0.39 is 0 Å². The van der Waals surface area contributed by atoms with Crippen molar-refractivity contribution in [3.63, 3.8) is 0 Å². The van der Waals surface area contributed by atoms with Gasteiger partial charge in [-0.2, -0.15) is 5.10 Å². The molecule has 106 valence electrons. The Morgan fingerprint density at radius 2 is 2.25 bits per heavy atom. The number of aliphatic hydroxyl groups excluding tert-OH is 1. The summed E-state index contributed by atoms with van der Waals surface area (Å²) in [5.41, 5.74) is 2.95. The SMILES string of the molecule is Cc1cc2ncc(C(=O)NCC3CC(O)C3)c(C)n2n1. The zero-order valence-electron chi connectivity index (χ0n) is 11.6. The number of aryl methyl sites for hydroxylation is 2. The monoisotopic (exact) mass is 274 g/mol. The molecule has 0 saturated heterocycles. The van der Waals surface area contributed by atoms with E-state index in [0.717, 1.165) is 29.9 Å². The third kappa shape index (κ3) is 2.27. The molecule has 6 heteroatoms. The molecule has 0 atom stereocenters. The molecule has 2 N–H and O–H groups in total. The summed E-state index contributed by atoms with van der Waals surface area (Å²) in [6, 6.07) is 1.88. The van der Waals surface area contributed by atoms with Gasteiger partial charge >= 0.3 is 0 Å². The maximum atomic E-state index is 12.2. The van der Waals surface area contributed by atoms with Crippen LogP contribution in [0.1, 0.15) is 34.6 Å². The zero-order chi connectivity index (χ0) is 14.3. The van der Waals surface area contributed by atoms with Crippen LogP contribution in [0.25, 0.3) is 5.65 Å². The molecule has 2 aromatic heterocycles. The molecule has 1 aliphatic carbocycles. The number of aliphatic hydroxyl groups is 1. The Balaban J connectivity index is 1.75. The van der Waals surface area contributed by atoms with E-state index in [1.54, 1.807) is 10.7 Å². The first-order valence-corrected chi connectivity index (χ1v) is 6.83. The highest BCUT2D eigenvalue weighted by molar-refractivity contribution is 5.95. The Morgan fingerprint density at radius 1 is 1.50 bits per heavy atom. The van der Waals surface area contributed by atoms with Crippen molar-refractivity contribution in [1.29, 1.82) is 0 Å². The van der Waals surface area contributed by atoms with Gasteiger partial charge in [0.05, 0.1) is 23.1 Å². The van der Waals surface area contributed by atoms with E-state index >= 15 is 0 Å². The van der Waals surface area contributed by atoms with Gasteiger partial charge in [-0.1, -0.05) is 0 Å². The lowest BCUT2D eigenvalue weighted by molar-refractivity contribution is 0.0420. The number of nitrogens with one attached hydrogen (secondary N) is 1. The first-order chi connectivity index (χ1) is 9.54. The molecule has 0 aliphatic heterocycles. The molecule has 1 fully saturated rings. The van der Waals surface area contributed by atoms with Crippen molar-refractivity contribution < 1.29 is 9.90 Å². The number of amides is 1. The summed E-state index contributed by atoms with van der Waals surface area (Å²) < 4.78 is 1.69. The summed E-state index contributed by atoms with van der Waals surface area (Å²) in [6.45, 7) is 4.37. The average molecular weight is 274 g/mol. The topological polar surface area (TPSA) is 79.5 Å². The summed E-state index contributed by atoms with van der Waals surface area (Å²) in [5.74, 6) is 0.254. The molecule has 1 amide bonds. The van der Waals surface area contributed by atoms with Crippen LogP contribution in [0.2, 0.25) is 0 Å². The van der Waals surface area contributed by atoms with Crippen LogP contribution in [0.4, 0.5) is 0 Å². The van der Waals surface area contributed by atoms with Crippen molar-refractivity contribution in [2.75, 3.05) is 6.54 Å². The molecule has 0 unspecified atom stereocenters. The third-order valence-electron chi connectivity index (χ3n) is 3.85. The quantitative estimate of drug-likeness (QED) is 0.869. The maximum Gasteiger partial charge on any atom is 0.254 e. The van der Waals surface area contributed by atoms with Gasteiger partial charge in [0.1, 0.15) is 0 Å². The van der Waals surface area contributed by atoms with Crippen LogP contribution in [0, 0.1) is 19.8 Å². The van der Waals surface area contributed by atoms with E-state index in [2.05, 4.69) is 15.4 Å². The van der Waals surface area contributed by atoms with E-state index in [9.17, 15) is 9.90 Å². The van der Waals surface area contributed by atoms with E-state index in [0.29, 0.717) is 18.0 Å². The van der Waals surface area contributed by atoms with E-state index in [4.69, 9.17) is 0 Å². The highest BCUT2D eigenvalue weighted by atomic mass is 16.3. The molecule has 0 aromatic carbocycles. The fourth-order valence-corrected chi connectivity index (χ4v) is 2.59. The standard InChI is InChI=1S/C14H18N4O2/c1-8-3-13-15-7-12(9(2)18(13)17-8)14(20)16-6-10-4-11(19)5-10/h3,7,10-11,19H,4-6H2,1-2H3,(H,16,20). The molecular formula is C14H18N4O2. The van der Waals surface area contributed by atoms with Crippen LogP contribution >= 0.6 is 0 Å². The van der Waals surface area contributed by atoms with Crippen molar-refractivity contribution in [2.45, 2.75) is 32.8 Å². The molecule has 20 heavy (non-hydrogen) atoms. The Morgan fingerprint density at radius 3 is 2.95 bits per heavy atom. The van der Waals surface area contributed by atoms with Crippen LogP contribution in [-0.2, 0) is 0 Å². The van der Waals surface area contributed by atoms with Crippen molar-refractivity contribution >= 4 is 11.6 Å². The van der Waals surface area contributed by atoms with Crippen molar-refractivity contribution in [3.05, 3.63) is 29.2 Å². The lowest BCUT2D eigenvalue weighted by Gasteiger charge is -2.31. The number of carbonyl (C=O) groups excluding carboxylic acids is 1. The second-order valence-electron chi connectivity index (χ2n) is 5.51. The predicted molar refractivity (Wildman–Crippen MR) is 73.5 cm³/mol. The van der Waals surface area contributed by atoms with Crippen LogP contribution in [0.15, 0.2) is 12.3 Å². The Bertz CT molecular complexity index is 658. The van der Waals surface area contributed by atoms with E-state index in [1.165, 1.54) is 0 Å². The van der Waals surface area contributed by atoms with Gasteiger partial charge in [-0.3, -0.25) is 4.79 Å². The smallest absolute Gasteiger partial charge is 0.254 e. The summed E-state index contributed by atoms with van der Waals surface area (Å²) in [5, 5.41) is 16.5. The minimum Gasteiger partial charge on any atom is -0.393 e. The molecule has 0 bridgehead atoms. The van der Waals surface area contributed by atoms with Gasteiger partial charge in [-0.05, 0) is 32.6 Å². The van der Waals surface area contributed by atoms with Crippen LogP contribution in [0.3, 0.4) is 0 Å². The van der Waals surface area contributed by atoms with Gasteiger partial charge < -0.3 is 10.4 Å². The lowest BCUT2D eigenvalue weighted by Crippen LogP contribution is -2.38. The maximum absolute atomic E-state index is 12.2.